The summed E-state index contributed by atoms with van der Waals surface area (Å²) in [5.74, 6) is 0. The van der Waals surface area contributed by atoms with Crippen molar-refractivity contribution >= 4 is 29.1 Å². The number of thiol groups is 1. The van der Waals surface area contributed by atoms with E-state index in [1.165, 1.54) is 38.7 Å². The molecule has 3 aliphatic rings. The van der Waals surface area contributed by atoms with Gasteiger partial charge in [-0.05, 0) is 58.4 Å². The van der Waals surface area contributed by atoms with Crippen LogP contribution in [0.25, 0.3) is 16.5 Å². The van der Waals surface area contributed by atoms with Crippen molar-refractivity contribution in [1.29, 1.82) is 0 Å². The van der Waals surface area contributed by atoms with Crippen LogP contribution in [0.2, 0.25) is 0 Å². The molecule has 0 N–H and O–H groups in total. The van der Waals surface area contributed by atoms with E-state index in [-0.39, 0.29) is 6.10 Å². The second-order valence-electron chi connectivity index (χ2n) is 6.63. The first kappa shape index (κ1) is 20.5. The lowest BCUT2D eigenvalue weighted by atomic mass is 9.90. The highest BCUT2D eigenvalue weighted by Crippen LogP contribution is 2.45. The molecular weight excluding hydrogens is 362 g/mol. The standard InChI is InChI=1S/C22H19NO.C2H6.CH4S/c1-3-22-20-12-21-19-11-16-7-5-4-6-15(16)10-17(19)13-23(21)14(2)18(20)8-9-24-22;2*1-2/h3-7,10-12,22H,1-2,8-9,13H2;1-2H3;2H,1H3. The normalized spacial score (nSPS) is 19.4. The minimum Gasteiger partial charge on any atom is -0.369 e. The Morgan fingerprint density at radius 2 is 1.82 bits per heavy atom. The highest BCUT2D eigenvalue weighted by Gasteiger charge is 2.34. The summed E-state index contributed by atoms with van der Waals surface area (Å²) < 4.78 is 5.87. The van der Waals surface area contributed by atoms with E-state index >= 15 is 0 Å². The van der Waals surface area contributed by atoms with Crippen LogP contribution in [0.3, 0.4) is 0 Å². The maximum atomic E-state index is 5.87. The highest BCUT2D eigenvalue weighted by atomic mass is 32.1. The van der Waals surface area contributed by atoms with Crippen molar-refractivity contribution in [1.82, 2.24) is 4.90 Å². The van der Waals surface area contributed by atoms with Crippen LogP contribution in [0.5, 0.6) is 0 Å². The van der Waals surface area contributed by atoms with E-state index in [0.29, 0.717) is 0 Å². The Morgan fingerprint density at radius 1 is 1.14 bits per heavy atom. The van der Waals surface area contributed by atoms with E-state index in [2.05, 4.69) is 73.2 Å². The summed E-state index contributed by atoms with van der Waals surface area (Å²) in [5.41, 5.74) is 7.61. The van der Waals surface area contributed by atoms with Crippen LogP contribution >= 0.6 is 12.6 Å². The van der Waals surface area contributed by atoms with Gasteiger partial charge in [0.25, 0.3) is 0 Å². The molecular formula is C25H29NOS. The SMILES string of the molecule is C=CC1OCCC2=C1C=C1c3cc4ccccc4cc3CN1C2=C.CC.CS. The fourth-order valence-corrected chi connectivity index (χ4v) is 4.13. The Kier molecular flexibility index (Phi) is 6.48. The Morgan fingerprint density at radius 3 is 2.50 bits per heavy atom. The molecule has 0 saturated heterocycles. The van der Waals surface area contributed by atoms with Crippen LogP contribution in [-0.4, -0.2) is 23.9 Å². The molecule has 3 heterocycles. The summed E-state index contributed by atoms with van der Waals surface area (Å²) in [6.45, 7) is 14.0. The number of allylic oxidation sites excluding steroid dienone is 1. The van der Waals surface area contributed by atoms with Gasteiger partial charge in [-0.2, -0.15) is 12.6 Å². The highest BCUT2D eigenvalue weighted by molar-refractivity contribution is 7.79. The van der Waals surface area contributed by atoms with Crippen LogP contribution in [0.1, 0.15) is 31.4 Å². The van der Waals surface area contributed by atoms with E-state index in [0.717, 1.165) is 25.3 Å². The number of ether oxygens (including phenoxy) is 1. The molecule has 0 radical (unpaired) electrons. The quantitative estimate of drug-likeness (QED) is 0.448. The van der Waals surface area contributed by atoms with Crippen LogP contribution in [0, 0.1) is 0 Å². The van der Waals surface area contributed by atoms with Gasteiger partial charge in [-0.15, -0.1) is 6.58 Å². The van der Waals surface area contributed by atoms with E-state index in [1.54, 1.807) is 6.26 Å². The topological polar surface area (TPSA) is 12.5 Å². The predicted octanol–water partition coefficient (Wildman–Crippen LogP) is 6.37. The molecule has 2 aromatic carbocycles. The summed E-state index contributed by atoms with van der Waals surface area (Å²) in [6, 6.07) is 13.2. The van der Waals surface area contributed by atoms with Gasteiger partial charge in [0.2, 0.25) is 0 Å². The minimum absolute atomic E-state index is 0.0235. The van der Waals surface area contributed by atoms with Gasteiger partial charge < -0.3 is 9.64 Å². The minimum atomic E-state index is -0.0235. The summed E-state index contributed by atoms with van der Waals surface area (Å²) in [6.07, 6.45) is 6.78. The number of benzene rings is 2. The van der Waals surface area contributed by atoms with Gasteiger partial charge in [0, 0.05) is 23.5 Å². The van der Waals surface area contributed by atoms with Gasteiger partial charge in [0.15, 0.2) is 0 Å². The van der Waals surface area contributed by atoms with E-state index in [9.17, 15) is 0 Å². The zero-order chi connectivity index (χ0) is 20.3. The molecule has 2 nitrogen and oxygen atoms in total. The van der Waals surface area contributed by atoms with Gasteiger partial charge in [0.1, 0.15) is 6.10 Å². The average molecular weight is 392 g/mol. The first-order valence-corrected chi connectivity index (χ1v) is 10.8. The lowest BCUT2D eigenvalue weighted by Gasteiger charge is -2.35. The fourth-order valence-electron chi connectivity index (χ4n) is 4.13. The van der Waals surface area contributed by atoms with Gasteiger partial charge in [-0.25, -0.2) is 0 Å². The monoisotopic (exact) mass is 391 g/mol. The van der Waals surface area contributed by atoms with Gasteiger partial charge >= 0.3 is 0 Å². The van der Waals surface area contributed by atoms with Crippen molar-refractivity contribution in [3.05, 3.63) is 89.7 Å². The second-order valence-corrected chi connectivity index (χ2v) is 6.63. The first-order valence-electron chi connectivity index (χ1n) is 9.89. The molecule has 1 unspecified atom stereocenters. The number of fused-ring (bicyclic) bond motifs is 4. The molecule has 0 fully saturated rings. The predicted molar refractivity (Wildman–Crippen MR) is 124 cm³/mol. The molecule has 2 aromatic rings. The Hall–Kier alpha value is -2.23. The van der Waals surface area contributed by atoms with Crippen molar-refractivity contribution in [3.8, 4) is 0 Å². The number of hydrogen-bond donors (Lipinski definition) is 1. The molecule has 3 heteroatoms. The smallest absolute Gasteiger partial charge is 0.101 e. The molecule has 0 aromatic heterocycles. The van der Waals surface area contributed by atoms with Crippen molar-refractivity contribution < 1.29 is 4.74 Å². The number of nitrogens with zero attached hydrogens (tertiary/aromatic N) is 1. The third kappa shape index (κ3) is 3.34. The lowest BCUT2D eigenvalue weighted by Crippen LogP contribution is -2.28. The Bertz CT molecular complexity index is 970. The number of rotatable bonds is 1. The maximum Gasteiger partial charge on any atom is 0.101 e. The van der Waals surface area contributed by atoms with Crippen molar-refractivity contribution in [2.75, 3.05) is 12.9 Å². The van der Waals surface area contributed by atoms with Crippen molar-refractivity contribution in [2.24, 2.45) is 0 Å². The summed E-state index contributed by atoms with van der Waals surface area (Å²) in [7, 11) is 0. The molecule has 0 bridgehead atoms. The summed E-state index contributed by atoms with van der Waals surface area (Å²) in [4.78, 5) is 2.36. The first-order chi connectivity index (χ1) is 13.8. The van der Waals surface area contributed by atoms with Gasteiger partial charge in [0.05, 0.1) is 6.61 Å². The maximum absolute atomic E-state index is 5.87. The van der Waals surface area contributed by atoms with E-state index in [1.807, 2.05) is 19.9 Å². The van der Waals surface area contributed by atoms with Crippen LogP contribution in [0.4, 0.5) is 0 Å². The van der Waals surface area contributed by atoms with Gasteiger partial charge in [-0.3, -0.25) is 0 Å². The fraction of sp³-hybridized carbons (Fsp3) is 0.280. The molecule has 0 spiro atoms. The zero-order valence-corrected chi connectivity index (χ0v) is 17.9. The average Bonchev–Trinajstić information content (AvgIpc) is 3.12. The Balaban J connectivity index is 0.000000531. The molecule has 146 valence electrons. The largest absolute Gasteiger partial charge is 0.369 e. The van der Waals surface area contributed by atoms with Crippen molar-refractivity contribution in [3.63, 3.8) is 0 Å². The van der Waals surface area contributed by atoms with Crippen LogP contribution < -0.4 is 0 Å². The molecule has 3 aliphatic heterocycles. The molecule has 1 atom stereocenters. The third-order valence-corrected chi connectivity index (χ3v) is 5.35. The zero-order valence-electron chi connectivity index (χ0n) is 17.0. The third-order valence-electron chi connectivity index (χ3n) is 5.35. The molecule has 0 amide bonds. The molecule has 0 saturated carbocycles. The lowest BCUT2D eigenvalue weighted by molar-refractivity contribution is 0.0997. The van der Waals surface area contributed by atoms with Crippen LogP contribution in [0.15, 0.2) is 78.6 Å². The van der Waals surface area contributed by atoms with E-state index in [4.69, 9.17) is 4.74 Å². The van der Waals surface area contributed by atoms with Gasteiger partial charge in [-0.1, -0.05) is 50.8 Å². The van der Waals surface area contributed by atoms with E-state index < -0.39 is 0 Å². The number of hydrogen-bond acceptors (Lipinski definition) is 3. The molecule has 28 heavy (non-hydrogen) atoms. The van der Waals surface area contributed by atoms with Crippen molar-refractivity contribution in [2.45, 2.75) is 32.9 Å². The summed E-state index contributed by atoms with van der Waals surface area (Å²) >= 11 is 3.53. The summed E-state index contributed by atoms with van der Waals surface area (Å²) in [5, 5.41) is 2.58. The molecule has 0 aliphatic carbocycles. The second kappa shape index (κ2) is 8.85. The Labute approximate surface area is 174 Å². The molecule has 5 rings (SSSR count). The van der Waals surface area contributed by atoms with Crippen LogP contribution in [-0.2, 0) is 11.3 Å².